The smallest absolute Gasteiger partial charge is 0.350 e. The number of carbonyl (C=O) groups is 1. The SMILES string of the molecule is CCOC(=O)c1sc(-c2ccc(O)cc2)nc1-c1ccccc1. The molecule has 1 heterocycles. The molecule has 3 rings (SSSR count). The van der Waals surface area contributed by atoms with Gasteiger partial charge in [-0.25, -0.2) is 9.78 Å². The number of hydrogen-bond acceptors (Lipinski definition) is 5. The van der Waals surface area contributed by atoms with Gasteiger partial charge in [-0.3, -0.25) is 0 Å². The molecule has 2 aromatic carbocycles. The number of aromatic nitrogens is 1. The first-order chi connectivity index (χ1) is 11.2. The highest BCUT2D eigenvalue weighted by Gasteiger charge is 2.21. The minimum Gasteiger partial charge on any atom is -0.508 e. The Morgan fingerprint density at radius 1 is 1.09 bits per heavy atom. The van der Waals surface area contributed by atoms with Gasteiger partial charge in [0.1, 0.15) is 15.6 Å². The van der Waals surface area contributed by atoms with Crippen LogP contribution in [0.1, 0.15) is 16.6 Å². The van der Waals surface area contributed by atoms with Gasteiger partial charge in [-0.2, -0.15) is 0 Å². The van der Waals surface area contributed by atoms with Crippen molar-refractivity contribution in [3.05, 3.63) is 59.5 Å². The minimum atomic E-state index is -0.367. The molecule has 3 aromatic rings. The molecular weight excluding hydrogens is 310 g/mol. The molecule has 1 N–H and O–H groups in total. The Bertz CT molecular complexity index is 810. The summed E-state index contributed by atoms with van der Waals surface area (Å²) in [6, 6.07) is 16.3. The van der Waals surface area contributed by atoms with Gasteiger partial charge in [0, 0.05) is 11.1 Å². The van der Waals surface area contributed by atoms with E-state index in [1.807, 2.05) is 30.3 Å². The first-order valence-electron chi connectivity index (χ1n) is 7.22. The lowest BCUT2D eigenvalue weighted by atomic mass is 10.1. The fourth-order valence-corrected chi connectivity index (χ4v) is 3.16. The van der Waals surface area contributed by atoms with Crippen molar-refractivity contribution in [1.82, 2.24) is 4.98 Å². The maximum atomic E-state index is 12.2. The lowest BCUT2D eigenvalue weighted by Crippen LogP contribution is -2.03. The number of phenols is 1. The zero-order chi connectivity index (χ0) is 16.2. The van der Waals surface area contributed by atoms with Crippen molar-refractivity contribution in [2.75, 3.05) is 6.61 Å². The summed E-state index contributed by atoms with van der Waals surface area (Å²) in [4.78, 5) is 17.4. The highest BCUT2D eigenvalue weighted by Crippen LogP contribution is 2.34. The molecule has 0 fully saturated rings. The maximum Gasteiger partial charge on any atom is 0.350 e. The van der Waals surface area contributed by atoms with E-state index in [1.165, 1.54) is 11.3 Å². The molecule has 0 saturated carbocycles. The summed E-state index contributed by atoms with van der Waals surface area (Å²) < 4.78 is 5.15. The number of nitrogens with zero attached hydrogens (tertiary/aromatic N) is 1. The maximum absolute atomic E-state index is 12.2. The second kappa shape index (κ2) is 6.62. The van der Waals surface area contributed by atoms with Crippen molar-refractivity contribution < 1.29 is 14.6 Å². The molecule has 5 heteroatoms. The summed E-state index contributed by atoms with van der Waals surface area (Å²) in [5, 5.41) is 10.1. The van der Waals surface area contributed by atoms with E-state index in [9.17, 15) is 9.90 Å². The van der Waals surface area contributed by atoms with Crippen LogP contribution in [0.3, 0.4) is 0 Å². The molecule has 116 valence electrons. The van der Waals surface area contributed by atoms with Gasteiger partial charge in [0.05, 0.1) is 12.3 Å². The van der Waals surface area contributed by atoms with Crippen molar-refractivity contribution in [1.29, 1.82) is 0 Å². The average Bonchev–Trinajstić information content (AvgIpc) is 3.02. The number of aromatic hydroxyl groups is 1. The lowest BCUT2D eigenvalue weighted by Gasteiger charge is -2.01. The number of ether oxygens (including phenoxy) is 1. The summed E-state index contributed by atoms with van der Waals surface area (Å²) in [6.07, 6.45) is 0. The first-order valence-corrected chi connectivity index (χ1v) is 8.03. The van der Waals surface area contributed by atoms with Gasteiger partial charge in [0.2, 0.25) is 0 Å². The quantitative estimate of drug-likeness (QED) is 0.724. The van der Waals surface area contributed by atoms with E-state index >= 15 is 0 Å². The van der Waals surface area contributed by atoms with Gasteiger partial charge in [0.15, 0.2) is 0 Å². The van der Waals surface area contributed by atoms with Crippen molar-refractivity contribution in [2.45, 2.75) is 6.92 Å². The summed E-state index contributed by atoms with van der Waals surface area (Å²) in [5.74, 6) is -0.173. The molecule has 0 saturated heterocycles. The minimum absolute atomic E-state index is 0.194. The third-order valence-electron chi connectivity index (χ3n) is 3.25. The molecule has 0 aliphatic heterocycles. The van der Waals surface area contributed by atoms with Crippen LogP contribution in [0.5, 0.6) is 5.75 Å². The molecule has 23 heavy (non-hydrogen) atoms. The van der Waals surface area contributed by atoms with Gasteiger partial charge in [-0.15, -0.1) is 11.3 Å². The van der Waals surface area contributed by atoms with Crippen LogP contribution in [0, 0.1) is 0 Å². The monoisotopic (exact) mass is 325 g/mol. The number of benzene rings is 2. The first kappa shape index (κ1) is 15.2. The molecule has 1 aromatic heterocycles. The van der Waals surface area contributed by atoms with Gasteiger partial charge < -0.3 is 9.84 Å². The van der Waals surface area contributed by atoms with Crippen LogP contribution in [0.25, 0.3) is 21.8 Å². The lowest BCUT2D eigenvalue weighted by molar-refractivity contribution is 0.0532. The van der Waals surface area contributed by atoms with Gasteiger partial charge in [-0.05, 0) is 31.2 Å². The van der Waals surface area contributed by atoms with Gasteiger partial charge >= 0.3 is 5.97 Å². The molecule has 0 aliphatic rings. The third kappa shape index (κ3) is 3.24. The number of rotatable bonds is 4. The molecule has 0 unspecified atom stereocenters. The number of hydrogen-bond donors (Lipinski definition) is 1. The van der Waals surface area contributed by atoms with E-state index in [2.05, 4.69) is 4.98 Å². The molecule has 0 spiro atoms. The Labute approximate surface area is 138 Å². The second-order valence-electron chi connectivity index (χ2n) is 4.83. The molecule has 0 aliphatic carbocycles. The Hall–Kier alpha value is -2.66. The molecule has 0 radical (unpaired) electrons. The van der Waals surface area contributed by atoms with Gasteiger partial charge in [-0.1, -0.05) is 30.3 Å². The third-order valence-corrected chi connectivity index (χ3v) is 4.33. The second-order valence-corrected chi connectivity index (χ2v) is 5.83. The van der Waals surface area contributed by atoms with Crippen molar-refractivity contribution in [2.24, 2.45) is 0 Å². The fourth-order valence-electron chi connectivity index (χ4n) is 2.17. The highest BCUT2D eigenvalue weighted by atomic mass is 32.1. The van der Waals surface area contributed by atoms with Crippen LogP contribution >= 0.6 is 11.3 Å². The van der Waals surface area contributed by atoms with Crippen LogP contribution in [0.15, 0.2) is 54.6 Å². The van der Waals surface area contributed by atoms with Crippen molar-refractivity contribution >= 4 is 17.3 Å². The number of esters is 1. The van der Waals surface area contributed by atoms with Crippen LogP contribution in [0.2, 0.25) is 0 Å². The zero-order valence-electron chi connectivity index (χ0n) is 12.5. The molecular formula is C18H15NO3S. The van der Waals surface area contributed by atoms with Crippen LogP contribution in [0.4, 0.5) is 0 Å². The largest absolute Gasteiger partial charge is 0.508 e. The summed E-state index contributed by atoms with van der Waals surface area (Å²) >= 11 is 1.29. The molecule has 0 bridgehead atoms. The standard InChI is InChI=1S/C18H15NO3S/c1-2-22-18(21)16-15(12-6-4-3-5-7-12)19-17(23-16)13-8-10-14(20)11-9-13/h3-11,20H,2H2,1H3. The fraction of sp³-hybridized carbons (Fsp3) is 0.111. The summed E-state index contributed by atoms with van der Waals surface area (Å²) in [6.45, 7) is 2.10. The van der Waals surface area contributed by atoms with Crippen LogP contribution in [-0.4, -0.2) is 22.7 Å². The van der Waals surface area contributed by atoms with Gasteiger partial charge in [0.25, 0.3) is 0 Å². The highest BCUT2D eigenvalue weighted by molar-refractivity contribution is 7.17. The Kier molecular flexibility index (Phi) is 4.39. The molecule has 0 atom stereocenters. The van der Waals surface area contributed by atoms with Crippen LogP contribution < -0.4 is 0 Å². The van der Waals surface area contributed by atoms with E-state index in [4.69, 9.17) is 4.74 Å². The number of carbonyl (C=O) groups excluding carboxylic acids is 1. The zero-order valence-corrected chi connectivity index (χ0v) is 13.3. The number of phenolic OH excluding ortho intramolecular Hbond substituents is 1. The van der Waals surface area contributed by atoms with E-state index in [-0.39, 0.29) is 11.7 Å². The normalized spacial score (nSPS) is 10.5. The topological polar surface area (TPSA) is 59.4 Å². The van der Waals surface area contributed by atoms with E-state index in [0.29, 0.717) is 22.2 Å². The average molecular weight is 325 g/mol. The molecule has 0 amide bonds. The van der Waals surface area contributed by atoms with Crippen LogP contribution in [-0.2, 0) is 4.74 Å². The predicted molar refractivity (Wildman–Crippen MR) is 90.6 cm³/mol. The molecule has 4 nitrogen and oxygen atoms in total. The van der Waals surface area contributed by atoms with E-state index in [0.717, 1.165) is 11.1 Å². The predicted octanol–water partition coefficient (Wildman–Crippen LogP) is 4.36. The number of thiazole rings is 1. The van der Waals surface area contributed by atoms with Crippen molar-refractivity contribution in [3.8, 4) is 27.6 Å². The summed E-state index contributed by atoms with van der Waals surface area (Å²) in [7, 11) is 0. The van der Waals surface area contributed by atoms with Crippen molar-refractivity contribution in [3.63, 3.8) is 0 Å². The Morgan fingerprint density at radius 2 is 1.78 bits per heavy atom. The Morgan fingerprint density at radius 3 is 2.43 bits per heavy atom. The summed E-state index contributed by atoms with van der Waals surface area (Å²) in [5.41, 5.74) is 2.34. The Balaban J connectivity index is 2.10. The van der Waals surface area contributed by atoms with E-state index < -0.39 is 0 Å². The van der Waals surface area contributed by atoms with E-state index in [1.54, 1.807) is 31.2 Å².